The molecule has 0 bridgehead atoms. The van der Waals surface area contributed by atoms with E-state index >= 15 is 0 Å². The van der Waals surface area contributed by atoms with E-state index in [1.54, 1.807) is 12.3 Å². The molecule has 6 nitrogen and oxygen atoms in total. The van der Waals surface area contributed by atoms with Gasteiger partial charge in [0.15, 0.2) is 0 Å². The highest BCUT2D eigenvalue weighted by Crippen LogP contribution is 2.22. The van der Waals surface area contributed by atoms with E-state index in [2.05, 4.69) is 29.0 Å². The van der Waals surface area contributed by atoms with Gasteiger partial charge in [0.25, 0.3) is 5.91 Å². The molecule has 2 fully saturated rings. The first-order valence-corrected chi connectivity index (χ1v) is 10.5. The number of morpholine rings is 1. The lowest BCUT2D eigenvalue weighted by molar-refractivity contribution is -0.0678. The molecule has 0 spiro atoms. The quantitative estimate of drug-likeness (QED) is 0.750. The van der Waals surface area contributed by atoms with Crippen LogP contribution in [-0.2, 0) is 4.74 Å². The van der Waals surface area contributed by atoms with Gasteiger partial charge in [-0.25, -0.2) is 4.98 Å². The van der Waals surface area contributed by atoms with Gasteiger partial charge in [-0.05, 0) is 45.6 Å². The van der Waals surface area contributed by atoms with E-state index in [1.165, 1.54) is 6.42 Å². The smallest absolute Gasteiger partial charge is 0.255 e. The Morgan fingerprint density at radius 1 is 1.26 bits per heavy atom. The van der Waals surface area contributed by atoms with Gasteiger partial charge in [0.05, 0.1) is 22.8 Å². The molecular weight excluding hydrogens is 364 g/mol. The van der Waals surface area contributed by atoms with Crippen LogP contribution in [0.25, 0.3) is 0 Å². The summed E-state index contributed by atoms with van der Waals surface area (Å²) in [6, 6.07) is 1.74. The number of ether oxygens (including phenoxy) is 1. The molecule has 1 aromatic heterocycles. The van der Waals surface area contributed by atoms with E-state index < -0.39 is 0 Å². The number of pyridine rings is 1. The van der Waals surface area contributed by atoms with Gasteiger partial charge < -0.3 is 15.0 Å². The second-order valence-electron chi connectivity index (χ2n) is 7.70. The summed E-state index contributed by atoms with van der Waals surface area (Å²) in [6.45, 7) is 9.69. The van der Waals surface area contributed by atoms with Crippen molar-refractivity contribution in [3.63, 3.8) is 0 Å². The predicted molar refractivity (Wildman–Crippen MR) is 109 cm³/mol. The Morgan fingerprint density at radius 2 is 1.96 bits per heavy atom. The summed E-state index contributed by atoms with van der Waals surface area (Å²) in [6.07, 6.45) is 6.59. The molecule has 150 valence electrons. The van der Waals surface area contributed by atoms with Crippen molar-refractivity contribution < 1.29 is 9.53 Å². The Balaban J connectivity index is 1.46. The highest BCUT2D eigenvalue weighted by atomic mass is 35.5. The topological polar surface area (TPSA) is 57.7 Å². The maximum absolute atomic E-state index is 12.5. The third-order valence-corrected chi connectivity index (χ3v) is 5.46. The summed E-state index contributed by atoms with van der Waals surface area (Å²) in [5.41, 5.74) is 0.573. The maximum Gasteiger partial charge on any atom is 0.255 e. The number of halogens is 1. The van der Waals surface area contributed by atoms with Crippen LogP contribution < -0.4 is 5.32 Å². The first kappa shape index (κ1) is 20.4. The molecule has 1 aromatic rings. The largest absolute Gasteiger partial charge is 0.373 e. The van der Waals surface area contributed by atoms with Gasteiger partial charge >= 0.3 is 0 Å². The molecule has 0 radical (unpaired) electrons. The summed E-state index contributed by atoms with van der Waals surface area (Å²) in [5, 5.41) is 3.80. The minimum Gasteiger partial charge on any atom is -0.373 e. The van der Waals surface area contributed by atoms with E-state index in [-0.39, 0.29) is 5.91 Å². The molecule has 2 aliphatic heterocycles. The Morgan fingerprint density at radius 3 is 2.63 bits per heavy atom. The van der Waals surface area contributed by atoms with Crippen LogP contribution in [0.15, 0.2) is 12.3 Å². The van der Waals surface area contributed by atoms with Crippen molar-refractivity contribution in [1.82, 2.24) is 14.8 Å². The average molecular weight is 395 g/mol. The number of rotatable bonds is 6. The van der Waals surface area contributed by atoms with Crippen LogP contribution in [0, 0.1) is 0 Å². The molecule has 0 aromatic carbocycles. The zero-order chi connectivity index (χ0) is 19.2. The van der Waals surface area contributed by atoms with Crippen LogP contribution in [0.1, 0.15) is 49.9 Å². The van der Waals surface area contributed by atoms with Gasteiger partial charge in [0.2, 0.25) is 0 Å². The summed E-state index contributed by atoms with van der Waals surface area (Å²) in [4.78, 5) is 21.3. The lowest BCUT2D eigenvalue weighted by atomic mass is 10.1. The molecule has 2 aliphatic rings. The van der Waals surface area contributed by atoms with Gasteiger partial charge in [0.1, 0.15) is 5.82 Å². The third-order valence-electron chi connectivity index (χ3n) is 5.17. The third kappa shape index (κ3) is 5.80. The summed E-state index contributed by atoms with van der Waals surface area (Å²) >= 11 is 6.36. The van der Waals surface area contributed by atoms with Crippen molar-refractivity contribution in [2.75, 3.05) is 44.6 Å². The van der Waals surface area contributed by atoms with E-state index in [9.17, 15) is 4.79 Å². The van der Waals surface area contributed by atoms with Crippen LogP contribution in [0.4, 0.5) is 5.82 Å². The molecule has 2 saturated heterocycles. The van der Waals surface area contributed by atoms with E-state index in [0.29, 0.717) is 28.6 Å². The highest BCUT2D eigenvalue weighted by Gasteiger charge is 2.22. The number of carbonyl (C=O) groups is 1. The zero-order valence-corrected chi connectivity index (χ0v) is 17.2. The van der Waals surface area contributed by atoms with E-state index in [0.717, 1.165) is 58.5 Å². The number of nitrogens with zero attached hydrogens (tertiary/aromatic N) is 3. The Labute approximate surface area is 167 Å². The molecule has 3 rings (SSSR count). The number of anilines is 1. The van der Waals surface area contributed by atoms with Gasteiger partial charge in [-0.1, -0.05) is 11.6 Å². The fourth-order valence-corrected chi connectivity index (χ4v) is 4.17. The van der Waals surface area contributed by atoms with Crippen molar-refractivity contribution >= 4 is 23.3 Å². The minimum atomic E-state index is 0.0335. The molecule has 7 heteroatoms. The van der Waals surface area contributed by atoms with Crippen molar-refractivity contribution in [2.45, 2.75) is 51.7 Å². The summed E-state index contributed by atoms with van der Waals surface area (Å²) < 4.78 is 5.77. The lowest BCUT2D eigenvalue weighted by Gasteiger charge is -2.35. The monoisotopic (exact) mass is 394 g/mol. The number of carbonyl (C=O) groups excluding carboxylic acids is 1. The van der Waals surface area contributed by atoms with Crippen LogP contribution in [0.2, 0.25) is 5.02 Å². The Kier molecular flexibility index (Phi) is 7.33. The second-order valence-corrected chi connectivity index (χ2v) is 8.11. The molecule has 0 aliphatic carbocycles. The molecular formula is C20H31ClN4O2. The lowest BCUT2D eigenvalue weighted by Crippen LogP contribution is -2.45. The Bertz CT molecular complexity index is 626. The molecule has 0 saturated carbocycles. The fraction of sp³-hybridized carbons (Fsp3) is 0.700. The molecule has 2 unspecified atom stereocenters. The molecule has 1 N–H and O–H groups in total. The van der Waals surface area contributed by atoms with Crippen molar-refractivity contribution in [3.05, 3.63) is 22.8 Å². The Hall–Kier alpha value is -1.37. The van der Waals surface area contributed by atoms with Crippen molar-refractivity contribution in [3.8, 4) is 0 Å². The maximum atomic E-state index is 12.5. The average Bonchev–Trinajstić information content (AvgIpc) is 2.65. The SMILES string of the molecule is CC1CN(CCCNc2ncc(C(=O)N3CCCCC3)cc2Cl)CC(C)O1. The van der Waals surface area contributed by atoms with Crippen molar-refractivity contribution in [2.24, 2.45) is 0 Å². The number of amides is 1. The predicted octanol–water partition coefficient (Wildman–Crippen LogP) is 3.27. The number of nitrogens with one attached hydrogen (secondary N) is 1. The summed E-state index contributed by atoms with van der Waals surface area (Å²) in [5.74, 6) is 0.682. The fourth-order valence-electron chi connectivity index (χ4n) is 3.94. The molecule has 3 heterocycles. The van der Waals surface area contributed by atoms with Gasteiger partial charge in [-0.2, -0.15) is 0 Å². The van der Waals surface area contributed by atoms with Gasteiger partial charge in [-0.15, -0.1) is 0 Å². The first-order chi connectivity index (χ1) is 13.0. The number of hydrogen-bond donors (Lipinski definition) is 1. The number of piperidine rings is 1. The van der Waals surface area contributed by atoms with Gasteiger partial charge in [0, 0.05) is 45.5 Å². The number of hydrogen-bond acceptors (Lipinski definition) is 5. The molecule has 27 heavy (non-hydrogen) atoms. The molecule has 1 amide bonds. The zero-order valence-electron chi connectivity index (χ0n) is 16.4. The molecule has 2 atom stereocenters. The summed E-state index contributed by atoms with van der Waals surface area (Å²) in [7, 11) is 0. The van der Waals surface area contributed by atoms with Crippen molar-refractivity contribution in [1.29, 1.82) is 0 Å². The minimum absolute atomic E-state index is 0.0335. The number of aromatic nitrogens is 1. The van der Waals surface area contributed by atoms with E-state index in [4.69, 9.17) is 16.3 Å². The first-order valence-electron chi connectivity index (χ1n) is 10.1. The van der Waals surface area contributed by atoms with Crippen LogP contribution in [0.5, 0.6) is 0 Å². The standard InChI is InChI=1S/C20H31ClN4O2/c1-15-13-24(14-16(2)27-15)8-6-7-22-19-18(21)11-17(12-23-19)20(26)25-9-4-3-5-10-25/h11-12,15-16H,3-10,13-14H2,1-2H3,(H,22,23). The normalized spacial score (nSPS) is 24.0. The van der Waals surface area contributed by atoms with Gasteiger partial charge in [-0.3, -0.25) is 9.69 Å². The highest BCUT2D eigenvalue weighted by molar-refractivity contribution is 6.33. The second kappa shape index (κ2) is 9.71. The van der Waals surface area contributed by atoms with Crippen LogP contribution in [0.3, 0.4) is 0 Å². The van der Waals surface area contributed by atoms with Crippen LogP contribution >= 0.6 is 11.6 Å². The van der Waals surface area contributed by atoms with Crippen LogP contribution in [-0.4, -0.2) is 72.2 Å². The number of likely N-dealkylation sites (tertiary alicyclic amines) is 1. The van der Waals surface area contributed by atoms with E-state index in [1.807, 2.05) is 4.90 Å².